The molecule has 25 atom stereocenters. The SMILES string of the molecule is C[C@H]1[C@H](OC(=O)CCC(=O)NC(COC(=O)CCC(=O)O[C@@H]2O[C@@H]3O[C@@]4(C)CC[C@H]5[C@H](C)CC[C@@H]([C@H]2C)[C@@]35OO4)COC(=O)CCC(=O)O[C@@H]2O[C@@H]3O[C@@]4(C)CC[C@H]5[C@H](C)CC[C@@](C)([C@H]2C)[C@@]35OO4)O[C@@H]2O[C@@]3(C)CC[C@H]4[C@H](C)CC[C@@H]1[C@@]24OO3. The summed E-state index contributed by atoms with van der Waals surface area (Å²) in [5.74, 6) is -7.19. The van der Waals surface area contributed by atoms with E-state index in [0.717, 1.165) is 57.8 Å². The highest BCUT2D eigenvalue weighted by Gasteiger charge is 2.76. The van der Waals surface area contributed by atoms with Crippen molar-refractivity contribution in [2.75, 3.05) is 13.2 Å². The number of hydrogen-bond donors (Lipinski definition) is 1. The summed E-state index contributed by atoms with van der Waals surface area (Å²) < 4.78 is 67.4. The number of esters is 5. The molecular formula is C61H89NO23. The van der Waals surface area contributed by atoms with Gasteiger partial charge in [-0.25, -0.2) is 29.3 Å². The fraction of sp³-hybridized carbons (Fsp3) is 0.902. The zero-order valence-corrected chi connectivity index (χ0v) is 50.9. The average Bonchev–Trinajstić information content (AvgIpc) is 1.72. The van der Waals surface area contributed by atoms with E-state index in [-0.39, 0.29) is 79.4 Å². The number of carbonyl (C=O) groups excluding carboxylic acids is 6. The molecule has 476 valence electrons. The van der Waals surface area contributed by atoms with Crippen molar-refractivity contribution in [3.05, 3.63) is 0 Å². The van der Waals surface area contributed by atoms with Gasteiger partial charge in [0.15, 0.2) is 35.7 Å². The van der Waals surface area contributed by atoms with Crippen LogP contribution in [0, 0.1) is 70.5 Å². The molecule has 24 heteroatoms. The molecule has 0 radical (unpaired) electrons. The summed E-state index contributed by atoms with van der Waals surface area (Å²) in [5, 5.41) is 2.71. The Balaban J connectivity index is 0.648. The van der Waals surface area contributed by atoms with Crippen LogP contribution in [0.2, 0.25) is 0 Å². The molecule has 6 bridgehead atoms. The van der Waals surface area contributed by atoms with Crippen molar-refractivity contribution in [3.8, 4) is 0 Å². The third-order valence-corrected chi connectivity index (χ3v) is 22.7. The minimum Gasteiger partial charge on any atom is -0.463 e. The number of carbonyl (C=O) groups is 6. The highest BCUT2D eigenvalue weighted by Crippen LogP contribution is 2.67. The molecule has 0 aromatic carbocycles. The molecule has 15 rings (SSSR count). The highest BCUT2D eigenvalue weighted by molar-refractivity contribution is 5.82. The van der Waals surface area contributed by atoms with E-state index in [9.17, 15) is 28.8 Å². The van der Waals surface area contributed by atoms with Crippen LogP contribution in [0.1, 0.15) is 185 Å². The summed E-state index contributed by atoms with van der Waals surface area (Å²) in [6.45, 7) is 19.1. The van der Waals surface area contributed by atoms with Gasteiger partial charge in [0.2, 0.25) is 42.1 Å². The summed E-state index contributed by atoms with van der Waals surface area (Å²) in [7, 11) is 0. The molecule has 3 spiro atoms. The smallest absolute Gasteiger partial charge is 0.308 e. The van der Waals surface area contributed by atoms with E-state index in [1.54, 1.807) is 0 Å². The van der Waals surface area contributed by atoms with Crippen LogP contribution in [0.15, 0.2) is 0 Å². The lowest BCUT2D eigenvalue weighted by Gasteiger charge is -2.65. The van der Waals surface area contributed by atoms with Crippen LogP contribution in [0.3, 0.4) is 0 Å². The number of hydrogen-bond acceptors (Lipinski definition) is 23. The average molecular weight is 1200 g/mol. The first-order valence-corrected chi connectivity index (χ1v) is 31.6. The number of fused-ring (bicyclic) bond motifs is 6. The number of ether oxygens (including phenoxy) is 11. The highest BCUT2D eigenvalue weighted by atomic mass is 17.3. The summed E-state index contributed by atoms with van der Waals surface area (Å²) >= 11 is 0. The molecule has 12 heterocycles. The molecule has 3 aliphatic carbocycles. The van der Waals surface area contributed by atoms with Crippen molar-refractivity contribution in [1.82, 2.24) is 5.32 Å². The lowest BCUT2D eigenvalue weighted by Crippen LogP contribution is -2.74. The Kier molecular flexibility index (Phi) is 16.6. The van der Waals surface area contributed by atoms with Crippen molar-refractivity contribution in [2.24, 2.45) is 70.5 Å². The largest absolute Gasteiger partial charge is 0.463 e. The second-order valence-corrected chi connectivity index (χ2v) is 28.1. The molecule has 0 aromatic rings. The second-order valence-electron chi connectivity index (χ2n) is 28.1. The normalized spacial score (nSPS) is 48.3. The summed E-state index contributed by atoms with van der Waals surface area (Å²) in [4.78, 5) is 117. The van der Waals surface area contributed by atoms with Crippen LogP contribution in [-0.4, -0.2) is 127 Å². The molecule has 15 aliphatic rings. The molecule has 85 heavy (non-hydrogen) atoms. The predicted octanol–water partition coefficient (Wildman–Crippen LogP) is 7.54. The van der Waals surface area contributed by atoms with Gasteiger partial charge in [-0.2, -0.15) is 0 Å². The van der Waals surface area contributed by atoms with Crippen LogP contribution < -0.4 is 5.32 Å². The van der Waals surface area contributed by atoms with E-state index < -0.39 is 139 Å². The van der Waals surface area contributed by atoms with E-state index in [1.807, 2.05) is 41.5 Å². The monoisotopic (exact) mass is 1200 g/mol. The van der Waals surface area contributed by atoms with Gasteiger partial charge in [-0.3, -0.25) is 28.8 Å². The summed E-state index contributed by atoms with van der Waals surface area (Å²) in [5.41, 5.74) is -3.17. The minimum atomic E-state index is -1.12. The lowest BCUT2D eigenvalue weighted by molar-refractivity contribution is -0.586. The van der Waals surface area contributed by atoms with Gasteiger partial charge in [0, 0.05) is 60.7 Å². The van der Waals surface area contributed by atoms with Crippen molar-refractivity contribution in [3.63, 3.8) is 0 Å². The summed E-state index contributed by atoms with van der Waals surface area (Å²) in [6.07, 6.45) is 1.86. The van der Waals surface area contributed by atoms with Gasteiger partial charge >= 0.3 is 29.8 Å². The molecule has 3 saturated carbocycles. The predicted molar refractivity (Wildman–Crippen MR) is 285 cm³/mol. The molecule has 12 saturated heterocycles. The third kappa shape index (κ3) is 10.7. The molecule has 1 unspecified atom stereocenters. The van der Waals surface area contributed by atoms with Crippen LogP contribution in [0.5, 0.6) is 0 Å². The van der Waals surface area contributed by atoms with Crippen LogP contribution in [0.4, 0.5) is 0 Å². The maximum atomic E-state index is 13.6. The van der Waals surface area contributed by atoms with Crippen molar-refractivity contribution < 1.29 is 110 Å². The number of rotatable bonds is 17. The molecule has 12 aliphatic heterocycles. The Hall–Kier alpha value is -3.66. The quantitative estimate of drug-likeness (QED) is 0.0836. The van der Waals surface area contributed by atoms with Gasteiger partial charge < -0.3 is 57.4 Å². The minimum absolute atomic E-state index is 0.0882. The molecule has 24 nitrogen and oxygen atoms in total. The molecule has 1 amide bonds. The second kappa shape index (κ2) is 23.0. The maximum Gasteiger partial charge on any atom is 0.308 e. The van der Waals surface area contributed by atoms with Crippen molar-refractivity contribution in [2.45, 2.75) is 263 Å². The first-order valence-electron chi connectivity index (χ1n) is 31.6. The number of nitrogens with one attached hydrogen (secondary N) is 1. The fourth-order valence-corrected chi connectivity index (χ4v) is 17.5. The topological polar surface area (TPSA) is 271 Å². The summed E-state index contributed by atoms with van der Waals surface area (Å²) in [6, 6.07) is -1.12. The Labute approximate surface area is 496 Å². The van der Waals surface area contributed by atoms with E-state index in [4.69, 9.17) is 81.4 Å². The molecule has 1 N–H and O–H groups in total. The van der Waals surface area contributed by atoms with Gasteiger partial charge in [-0.05, 0) is 114 Å². The zero-order chi connectivity index (χ0) is 60.2. The van der Waals surface area contributed by atoms with E-state index in [1.165, 1.54) is 0 Å². The van der Waals surface area contributed by atoms with E-state index in [2.05, 4.69) is 33.0 Å². The first-order chi connectivity index (χ1) is 40.3. The Morgan fingerprint density at radius 1 is 0.435 bits per heavy atom. The van der Waals surface area contributed by atoms with E-state index >= 15 is 0 Å². The first kappa shape index (κ1) is 61.6. The maximum absolute atomic E-state index is 13.6. The van der Waals surface area contributed by atoms with E-state index in [0.29, 0.717) is 37.0 Å². The van der Waals surface area contributed by atoms with Crippen molar-refractivity contribution >= 4 is 35.8 Å². The van der Waals surface area contributed by atoms with Gasteiger partial charge in [0.05, 0.1) is 38.1 Å². The van der Waals surface area contributed by atoms with Crippen LogP contribution in [0.25, 0.3) is 0 Å². The Bertz CT molecular complexity index is 2570. The third-order valence-electron chi connectivity index (χ3n) is 22.7. The van der Waals surface area contributed by atoms with Gasteiger partial charge in [0.25, 0.3) is 0 Å². The van der Waals surface area contributed by atoms with Crippen LogP contribution >= 0.6 is 0 Å². The molecule has 15 fully saturated rings. The van der Waals surface area contributed by atoms with Crippen LogP contribution in [-0.2, 0) is 110 Å². The van der Waals surface area contributed by atoms with Gasteiger partial charge in [-0.15, -0.1) is 0 Å². The molecule has 0 aromatic heterocycles. The number of amides is 1. The zero-order valence-electron chi connectivity index (χ0n) is 50.9. The lowest BCUT2D eigenvalue weighted by atomic mass is 9.50. The Morgan fingerprint density at radius 2 is 0.847 bits per heavy atom. The van der Waals surface area contributed by atoms with Gasteiger partial charge in [-0.1, -0.05) is 48.5 Å². The van der Waals surface area contributed by atoms with Gasteiger partial charge in [0.1, 0.15) is 13.2 Å². The fourth-order valence-electron chi connectivity index (χ4n) is 17.5. The molecular weight excluding hydrogens is 1110 g/mol. The Morgan fingerprint density at radius 3 is 1.35 bits per heavy atom. The standard InChI is InChI=1S/C61H89NO23/c1-31-11-13-41-34(4)49(74-52-59(41)38(31)22-26-56(8,77-52)80-83-59)71-46(66)16-15-43(63)62-37(29-69-44(64)17-19-47(67)72-50-35(5)42-14-12-32(2)39-23-27-57(9)78-53(75-50)60(39,42)84-81-57)30-70-45(65)18-20-48(68)73-51-36(6)55(7)25-21-33(3)40-24-28-58(10)79-54(76-51)61(40,55)85-82-58/h31-42,49-54H,11-30H2,1-10H3,(H,62,63)/t31-,32-,33-,34-,35-,36+,37?,38+,39+,40+,41+,42+,49-,50-,51-,52-,53-,54-,55+,56-,57-,58-,59-,60-,61+/m1/s1. The van der Waals surface area contributed by atoms with Crippen molar-refractivity contribution in [1.29, 1.82) is 0 Å².